The highest BCUT2D eigenvalue weighted by Gasteiger charge is 2.23. The Kier molecular flexibility index (Phi) is 2.83. The fourth-order valence-electron chi connectivity index (χ4n) is 2.10. The number of benzene rings is 1. The van der Waals surface area contributed by atoms with E-state index >= 15 is 0 Å². The normalized spacial score (nSPS) is 10.7. The number of aromatic nitrogens is 2. The van der Waals surface area contributed by atoms with E-state index < -0.39 is 4.92 Å². The summed E-state index contributed by atoms with van der Waals surface area (Å²) >= 11 is 0. The Morgan fingerprint density at radius 1 is 1.20 bits per heavy atom. The maximum Gasteiger partial charge on any atom is 0.355 e. The third-order valence-corrected chi connectivity index (χ3v) is 3.04. The summed E-state index contributed by atoms with van der Waals surface area (Å²) in [5.74, 6) is 0.658. The molecule has 1 aromatic carbocycles. The lowest BCUT2D eigenvalue weighted by Gasteiger charge is -2.01. The van der Waals surface area contributed by atoms with Crippen LogP contribution < -0.4 is 4.74 Å². The van der Waals surface area contributed by atoms with Crippen molar-refractivity contribution in [2.45, 2.75) is 0 Å². The number of nitro groups is 1. The Bertz CT molecular complexity index is 778. The van der Waals surface area contributed by atoms with E-state index in [-0.39, 0.29) is 5.82 Å². The third kappa shape index (κ3) is 1.87. The highest BCUT2D eigenvalue weighted by atomic mass is 16.6. The Hall–Kier alpha value is -2.89. The van der Waals surface area contributed by atoms with Crippen LogP contribution in [0.4, 0.5) is 5.82 Å². The average molecular weight is 269 g/mol. The topological polar surface area (TPSA) is 69.7 Å². The minimum absolute atomic E-state index is 0.0363. The predicted octanol–water partition coefficient (Wildman–Crippen LogP) is 2.92. The average Bonchev–Trinajstić information content (AvgIpc) is 2.86. The van der Waals surface area contributed by atoms with Crippen molar-refractivity contribution < 1.29 is 9.66 Å². The summed E-state index contributed by atoms with van der Waals surface area (Å²) in [6.45, 7) is 0. The predicted molar refractivity (Wildman–Crippen MR) is 73.8 cm³/mol. The smallest absolute Gasteiger partial charge is 0.355 e. The van der Waals surface area contributed by atoms with Crippen molar-refractivity contribution in [3.05, 3.63) is 58.8 Å². The van der Waals surface area contributed by atoms with Gasteiger partial charge in [-0.3, -0.25) is 0 Å². The molecule has 0 unspecified atom stereocenters. The number of hydrogen-bond donors (Lipinski definition) is 0. The Balaban J connectivity index is 2.23. The van der Waals surface area contributed by atoms with Crippen LogP contribution in [-0.2, 0) is 0 Å². The van der Waals surface area contributed by atoms with Gasteiger partial charge < -0.3 is 14.9 Å². The van der Waals surface area contributed by atoms with Crippen LogP contribution in [0.3, 0.4) is 0 Å². The molecule has 0 spiro atoms. The van der Waals surface area contributed by atoms with Gasteiger partial charge in [0.25, 0.3) is 0 Å². The number of hydrogen-bond acceptors (Lipinski definition) is 4. The molecule has 0 fully saturated rings. The molecular weight excluding hydrogens is 258 g/mol. The third-order valence-electron chi connectivity index (χ3n) is 3.04. The van der Waals surface area contributed by atoms with Gasteiger partial charge in [0.05, 0.1) is 13.3 Å². The molecule has 0 saturated carbocycles. The zero-order valence-electron chi connectivity index (χ0n) is 10.7. The van der Waals surface area contributed by atoms with Crippen molar-refractivity contribution in [2.24, 2.45) is 0 Å². The molecule has 0 N–H and O–H groups in total. The summed E-state index contributed by atoms with van der Waals surface area (Å²) < 4.78 is 6.55. The number of pyridine rings is 1. The summed E-state index contributed by atoms with van der Waals surface area (Å²) in [4.78, 5) is 15.2. The lowest BCUT2D eigenvalue weighted by molar-refractivity contribution is -0.389. The molecule has 6 nitrogen and oxygen atoms in total. The van der Waals surface area contributed by atoms with Crippen molar-refractivity contribution in [3.63, 3.8) is 0 Å². The van der Waals surface area contributed by atoms with Gasteiger partial charge in [-0.2, -0.15) is 9.38 Å². The molecule has 6 heteroatoms. The van der Waals surface area contributed by atoms with E-state index in [0.29, 0.717) is 22.7 Å². The van der Waals surface area contributed by atoms with Gasteiger partial charge in [0.2, 0.25) is 5.65 Å². The molecule has 20 heavy (non-hydrogen) atoms. The first-order chi connectivity index (χ1) is 9.70. The van der Waals surface area contributed by atoms with Crippen LogP contribution in [0.5, 0.6) is 5.75 Å². The molecule has 2 heterocycles. The van der Waals surface area contributed by atoms with E-state index in [2.05, 4.69) is 4.98 Å². The van der Waals surface area contributed by atoms with E-state index in [1.54, 1.807) is 55.8 Å². The molecule has 3 aromatic rings. The zero-order valence-corrected chi connectivity index (χ0v) is 10.7. The summed E-state index contributed by atoms with van der Waals surface area (Å²) in [6.07, 6.45) is 1.63. The Morgan fingerprint density at radius 2 is 1.95 bits per heavy atom. The molecular formula is C14H11N3O3. The second-order valence-corrected chi connectivity index (χ2v) is 4.20. The number of nitrogens with zero attached hydrogens (tertiary/aromatic N) is 3. The van der Waals surface area contributed by atoms with Gasteiger partial charge in [0.15, 0.2) is 5.69 Å². The van der Waals surface area contributed by atoms with Crippen LogP contribution in [0.25, 0.3) is 16.9 Å². The first-order valence-electron chi connectivity index (χ1n) is 5.96. The molecule has 0 atom stereocenters. The summed E-state index contributed by atoms with van der Waals surface area (Å²) in [5, 5.41) is 11.3. The maximum absolute atomic E-state index is 11.3. The van der Waals surface area contributed by atoms with Crippen LogP contribution in [-0.4, -0.2) is 21.4 Å². The van der Waals surface area contributed by atoms with Crippen molar-refractivity contribution in [2.75, 3.05) is 7.11 Å². The van der Waals surface area contributed by atoms with Crippen LogP contribution in [0.1, 0.15) is 0 Å². The minimum Gasteiger partial charge on any atom is -0.497 e. The highest BCUT2D eigenvalue weighted by Crippen LogP contribution is 2.31. The zero-order chi connectivity index (χ0) is 14.1. The molecule has 3 rings (SSSR count). The molecule has 0 amide bonds. The van der Waals surface area contributed by atoms with Crippen molar-refractivity contribution in [3.8, 4) is 17.0 Å². The van der Waals surface area contributed by atoms with Gasteiger partial charge in [-0.25, -0.2) is 0 Å². The number of imidazole rings is 1. The van der Waals surface area contributed by atoms with Crippen LogP contribution in [0, 0.1) is 10.1 Å². The fraction of sp³-hybridized carbons (Fsp3) is 0.0714. The van der Waals surface area contributed by atoms with Gasteiger partial charge in [0, 0.05) is 11.6 Å². The van der Waals surface area contributed by atoms with Crippen molar-refractivity contribution in [1.82, 2.24) is 9.38 Å². The highest BCUT2D eigenvalue weighted by molar-refractivity contribution is 5.72. The molecule has 2 aromatic heterocycles. The number of rotatable bonds is 3. The standard InChI is InChI=1S/C14H11N3O3/c1-20-11-7-5-10(6-8-11)13-14(17(18)19)16-9-3-2-4-12(16)15-13/h2-9H,1H3. The van der Waals surface area contributed by atoms with E-state index in [0.717, 1.165) is 0 Å². The largest absolute Gasteiger partial charge is 0.497 e. The van der Waals surface area contributed by atoms with E-state index in [9.17, 15) is 10.1 Å². The van der Waals surface area contributed by atoms with Crippen LogP contribution in [0.2, 0.25) is 0 Å². The Morgan fingerprint density at radius 3 is 2.60 bits per heavy atom. The molecule has 0 bridgehead atoms. The summed E-state index contributed by atoms with van der Waals surface area (Å²) in [7, 11) is 1.57. The monoisotopic (exact) mass is 269 g/mol. The first-order valence-corrected chi connectivity index (χ1v) is 5.96. The van der Waals surface area contributed by atoms with E-state index in [4.69, 9.17) is 4.74 Å². The van der Waals surface area contributed by atoms with Crippen LogP contribution in [0.15, 0.2) is 48.7 Å². The number of ether oxygens (including phenoxy) is 1. The fourth-order valence-corrected chi connectivity index (χ4v) is 2.10. The summed E-state index contributed by atoms with van der Waals surface area (Å²) in [6, 6.07) is 12.3. The van der Waals surface area contributed by atoms with E-state index in [1.165, 1.54) is 4.40 Å². The number of fused-ring (bicyclic) bond motifs is 1. The quantitative estimate of drug-likeness (QED) is 0.541. The summed E-state index contributed by atoms with van der Waals surface area (Å²) in [5.41, 5.74) is 1.58. The van der Waals surface area contributed by atoms with Crippen molar-refractivity contribution in [1.29, 1.82) is 0 Å². The van der Waals surface area contributed by atoms with Gasteiger partial charge in [0.1, 0.15) is 5.75 Å². The molecule has 0 aliphatic rings. The van der Waals surface area contributed by atoms with Gasteiger partial charge in [-0.15, -0.1) is 0 Å². The van der Waals surface area contributed by atoms with E-state index in [1.807, 2.05) is 0 Å². The van der Waals surface area contributed by atoms with Gasteiger partial charge in [-0.05, 0) is 35.3 Å². The van der Waals surface area contributed by atoms with Crippen LogP contribution >= 0.6 is 0 Å². The molecule has 0 aliphatic heterocycles. The number of methoxy groups -OCH3 is 1. The second kappa shape index (κ2) is 4.65. The SMILES string of the molecule is COc1ccc(-c2nc3ccccn3c2[N+](=O)[O-])cc1. The lowest BCUT2D eigenvalue weighted by Crippen LogP contribution is -1.95. The lowest BCUT2D eigenvalue weighted by atomic mass is 10.1. The Labute approximate surface area is 114 Å². The molecule has 0 aliphatic carbocycles. The molecule has 0 radical (unpaired) electrons. The minimum atomic E-state index is -0.417. The molecule has 100 valence electrons. The molecule has 0 saturated heterocycles. The first kappa shape index (κ1) is 12.2. The van der Waals surface area contributed by atoms with Crippen molar-refractivity contribution >= 4 is 11.5 Å². The maximum atomic E-state index is 11.3. The van der Waals surface area contributed by atoms with Gasteiger partial charge in [-0.1, -0.05) is 6.07 Å². The van der Waals surface area contributed by atoms with Gasteiger partial charge >= 0.3 is 5.82 Å². The second-order valence-electron chi connectivity index (χ2n) is 4.20.